The van der Waals surface area contributed by atoms with Crippen LogP contribution < -0.4 is 0 Å². The lowest BCUT2D eigenvalue weighted by Gasteiger charge is -2.05. The van der Waals surface area contributed by atoms with Gasteiger partial charge in [0.25, 0.3) is 5.91 Å². The largest absolute Gasteiger partial charge is 0.504 e. The maximum absolute atomic E-state index is 12.1. The summed E-state index contributed by atoms with van der Waals surface area (Å²) in [6.07, 6.45) is 1.97. The molecule has 1 amide bonds. The van der Waals surface area contributed by atoms with Crippen LogP contribution in [0.2, 0.25) is 0 Å². The van der Waals surface area contributed by atoms with Crippen LogP contribution in [0.25, 0.3) is 10.9 Å². The second kappa shape index (κ2) is 7.08. The Kier molecular flexibility index (Phi) is 4.70. The van der Waals surface area contributed by atoms with Gasteiger partial charge in [-0.25, -0.2) is 0 Å². The molecule has 0 saturated carbocycles. The summed E-state index contributed by atoms with van der Waals surface area (Å²) in [6.45, 7) is 2.82. The highest BCUT2D eigenvalue weighted by molar-refractivity contribution is 5.95. The van der Waals surface area contributed by atoms with Gasteiger partial charge < -0.3 is 9.67 Å². The van der Waals surface area contributed by atoms with Crippen molar-refractivity contribution in [2.24, 2.45) is 10.2 Å². The van der Waals surface area contributed by atoms with E-state index in [1.807, 2.05) is 34.9 Å². The van der Waals surface area contributed by atoms with Crippen LogP contribution in [-0.2, 0) is 6.54 Å². The smallest absolute Gasteiger partial charge is 0.295 e. The van der Waals surface area contributed by atoms with Crippen LogP contribution in [0.5, 0.6) is 5.75 Å². The number of benzene rings is 2. The summed E-state index contributed by atoms with van der Waals surface area (Å²) in [5.74, 6) is -0.0393. The number of aromatic nitrogens is 1. The molecule has 3 aromatic rings. The number of fused-ring (bicyclic) bond motifs is 1. The third-order valence-electron chi connectivity index (χ3n) is 3.91. The minimum Gasteiger partial charge on any atom is -0.504 e. The topological polar surface area (TPSA) is 67.0 Å². The Hall–Kier alpha value is -2.95. The first-order chi connectivity index (χ1) is 11.7. The third-order valence-corrected chi connectivity index (χ3v) is 3.91. The lowest BCUT2D eigenvalue weighted by molar-refractivity contribution is 0.0995. The van der Waals surface area contributed by atoms with Gasteiger partial charge in [-0.15, -0.1) is 10.2 Å². The van der Waals surface area contributed by atoms with E-state index in [0.717, 1.165) is 23.7 Å². The van der Waals surface area contributed by atoms with Gasteiger partial charge in [0, 0.05) is 17.5 Å². The molecule has 0 bridgehead atoms. The van der Waals surface area contributed by atoms with Crippen molar-refractivity contribution in [3.8, 4) is 5.75 Å². The number of para-hydroxylation sites is 1. The summed E-state index contributed by atoms with van der Waals surface area (Å²) in [5.41, 5.74) is 1.36. The Morgan fingerprint density at radius 1 is 1.08 bits per heavy atom. The minimum atomic E-state index is -0.428. The standard InChI is InChI=1S/C19H19N3O2/c1-2-3-13-22-16-12-8-7-11-15(16)17(23)18(22)20-21-19(24)14-9-5-4-6-10-14/h4-12,23H,2-3,13H2,1H3. The van der Waals surface area contributed by atoms with Gasteiger partial charge in [0.05, 0.1) is 5.52 Å². The van der Waals surface area contributed by atoms with E-state index < -0.39 is 5.91 Å². The first-order valence-electron chi connectivity index (χ1n) is 8.03. The van der Waals surface area contributed by atoms with Gasteiger partial charge in [0.15, 0.2) is 11.6 Å². The molecule has 0 aliphatic heterocycles. The van der Waals surface area contributed by atoms with Crippen molar-refractivity contribution in [3.05, 3.63) is 60.2 Å². The monoisotopic (exact) mass is 321 g/mol. The molecule has 0 aliphatic rings. The summed E-state index contributed by atoms with van der Waals surface area (Å²) in [5, 5.41) is 19.0. The van der Waals surface area contributed by atoms with Gasteiger partial charge >= 0.3 is 0 Å². The average Bonchev–Trinajstić information content (AvgIpc) is 2.90. The van der Waals surface area contributed by atoms with Crippen LogP contribution in [0.1, 0.15) is 30.1 Å². The molecule has 0 fully saturated rings. The fourth-order valence-electron chi connectivity index (χ4n) is 2.65. The highest BCUT2D eigenvalue weighted by Crippen LogP contribution is 2.38. The van der Waals surface area contributed by atoms with E-state index in [-0.39, 0.29) is 5.75 Å². The second-order valence-corrected chi connectivity index (χ2v) is 5.57. The molecule has 0 saturated heterocycles. The molecule has 1 N–H and O–H groups in total. The molecular weight excluding hydrogens is 302 g/mol. The molecule has 0 radical (unpaired) electrons. The minimum absolute atomic E-state index is 0.0614. The van der Waals surface area contributed by atoms with Crippen molar-refractivity contribution < 1.29 is 9.90 Å². The number of unbranched alkanes of at least 4 members (excludes halogenated alkanes) is 1. The average molecular weight is 321 g/mol. The molecule has 0 atom stereocenters. The summed E-state index contributed by atoms with van der Waals surface area (Å²) in [6, 6.07) is 16.3. The Morgan fingerprint density at radius 3 is 2.54 bits per heavy atom. The van der Waals surface area contributed by atoms with Crippen molar-refractivity contribution in [1.29, 1.82) is 0 Å². The number of aromatic hydroxyl groups is 1. The number of hydrogen-bond donors (Lipinski definition) is 1. The molecule has 0 spiro atoms. The Bertz CT molecular complexity index is 882. The number of amides is 1. The normalized spacial score (nSPS) is 11.4. The van der Waals surface area contributed by atoms with E-state index in [1.54, 1.807) is 24.3 Å². The van der Waals surface area contributed by atoms with Crippen LogP contribution in [0.15, 0.2) is 64.8 Å². The summed E-state index contributed by atoms with van der Waals surface area (Å²) >= 11 is 0. The summed E-state index contributed by atoms with van der Waals surface area (Å²) in [4.78, 5) is 12.1. The van der Waals surface area contributed by atoms with Crippen LogP contribution >= 0.6 is 0 Å². The van der Waals surface area contributed by atoms with Crippen LogP contribution in [0.4, 0.5) is 5.82 Å². The van der Waals surface area contributed by atoms with Gasteiger partial charge in [-0.1, -0.05) is 43.7 Å². The lowest BCUT2D eigenvalue weighted by Crippen LogP contribution is -1.97. The molecule has 1 aromatic heterocycles. The molecule has 5 heteroatoms. The lowest BCUT2D eigenvalue weighted by atomic mass is 10.2. The van der Waals surface area contributed by atoms with Gasteiger partial charge in [0.1, 0.15) is 0 Å². The fraction of sp³-hybridized carbons (Fsp3) is 0.211. The predicted molar refractivity (Wildman–Crippen MR) is 93.8 cm³/mol. The molecule has 1 heterocycles. The molecule has 0 aliphatic carbocycles. The summed E-state index contributed by atoms with van der Waals surface area (Å²) < 4.78 is 1.91. The molecule has 5 nitrogen and oxygen atoms in total. The number of carbonyl (C=O) groups is 1. The van der Waals surface area contributed by atoms with Crippen molar-refractivity contribution in [2.75, 3.05) is 0 Å². The second-order valence-electron chi connectivity index (χ2n) is 5.57. The number of hydrogen-bond acceptors (Lipinski definition) is 3. The van der Waals surface area contributed by atoms with Gasteiger partial charge in [-0.3, -0.25) is 4.79 Å². The Labute approximate surface area is 140 Å². The molecule has 122 valence electrons. The number of aryl methyl sites for hydroxylation is 1. The molecule has 0 unspecified atom stereocenters. The first kappa shape index (κ1) is 15.9. The van der Waals surface area contributed by atoms with E-state index in [9.17, 15) is 9.90 Å². The van der Waals surface area contributed by atoms with Crippen molar-refractivity contribution >= 4 is 22.6 Å². The molecule has 24 heavy (non-hydrogen) atoms. The fourth-order valence-corrected chi connectivity index (χ4v) is 2.65. The molecule has 2 aromatic carbocycles. The number of rotatable bonds is 5. The van der Waals surface area contributed by atoms with Gasteiger partial charge in [-0.05, 0) is 30.7 Å². The van der Waals surface area contributed by atoms with Crippen molar-refractivity contribution in [1.82, 2.24) is 4.57 Å². The number of carbonyl (C=O) groups excluding carboxylic acids is 1. The highest BCUT2D eigenvalue weighted by Gasteiger charge is 2.16. The Balaban J connectivity index is 2.00. The maximum atomic E-state index is 12.1. The van der Waals surface area contributed by atoms with Crippen LogP contribution in [0, 0.1) is 0 Å². The molecule has 3 rings (SSSR count). The summed E-state index contributed by atoms with van der Waals surface area (Å²) in [7, 11) is 0. The maximum Gasteiger partial charge on any atom is 0.295 e. The predicted octanol–water partition coefficient (Wildman–Crippen LogP) is 5.07. The zero-order valence-electron chi connectivity index (χ0n) is 13.5. The van der Waals surface area contributed by atoms with E-state index in [1.165, 1.54) is 0 Å². The molecular formula is C19H19N3O2. The number of azo groups is 1. The zero-order valence-corrected chi connectivity index (χ0v) is 13.5. The quantitative estimate of drug-likeness (QED) is 0.666. The Morgan fingerprint density at radius 2 is 1.79 bits per heavy atom. The van der Waals surface area contributed by atoms with E-state index >= 15 is 0 Å². The van der Waals surface area contributed by atoms with E-state index in [4.69, 9.17) is 0 Å². The van der Waals surface area contributed by atoms with E-state index in [2.05, 4.69) is 17.2 Å². The SMILES string of the molecule is CCCCn1c(N=NC(=O)c2ccccc2)c(O)c2ccccc21. The number of nitrogens with zero attached hydrogens (tertiary/aromatic N) is 3. The third kappa shape index (κ3) is 3.06. The first-order valence-corrected chi connectivity index (χ1v) is 8.03. The van der Waals surface area contributed by atoms with Crippen molar-refractivity contribution in [3.63, 3.8) is 0 Å². The van der Waals surface area contributed by atoms with Crippen molar-refractivity contribution in [2.45, 2.75) is 26.3 Å². The highest BCUT2D eigenvalue weighted by atomic mass is 16.3. The zero-order chi connectivity index (χ0) is 16.9. The van der Waals surface area contributed by atoms with Gasteiger partial charge in [0.2, 0.25) is 0 Å². The van der Waals surface area contributed by atoms with E-state index in [0.29, 0.717) is 17.9 Å². The van der Waals surface area contributed by atoms with Gasteiger partial charge in [-0.2, -0.15) is 0 Å². The van der Waals surface area contributed by atoms with Crippen LogP contribution in [0.3, 0.4) is 0 Å². The van der Waals surface area contributed by atoms with Crippen LogP contribution in [-0.4, -0.2) is 15.6 Å².